The van der Waals surface area contributed by atoms with Gasteiger partial charge in [-0.25, -0.2) is 4.79 Å². The zero-order chi connectivity index (χ0) is 20.6. The van der Waals surface area contributed by atoms with Gasteiger partial charge in [0, 0.05) is 5.02 Å². The van der Waals surface area contributed by atoms with E-state index in [-0.39, 0.29) is 6.61 Å². The normalized spacial score (nSPS) is 10.9. The highest BCUT2D eigenvalue weighted by Gasteiger charge is 2.07. The Morgan fingerprint density at radius 2 is 1.59 bits per heavy atom. The van der Waals surface area contributed by atoms with Gasteiger partial charge in [-0.15, -0.1) is 0 Å². The Labute approximate surface area is 174 Å². The molecule has 3 aromatic carbocycles. The van der Waals surface area contributed by atoms with E-state index in [0.29, 0.717) is 22.1 Å². The van der Waals surface area contributed by atoms with E-state index in [9.17, 15) is 10.1 Å². The van der Waals surface area contributed by atoms with Crippen molar-refractivity contribution < 1.29 is 14.3 Å². The van der Waals surface area contributed by atoms with Crippen LogP contribution in [0, 0.1) is 18.3 Å². The number of carbonyl (C=O) groups is 1. The number of halogens is 1. The van der Waals surface area contributed by atoms with E-state index >= 15 is 0 Å². The first-order chi connectivity index (χ1) is 14.0. The maximum atomic E-state index is 12.0. The Balaban J connectivity index is 1.60. The molecule has 0 radical (unpaired) electrons. The fraction of sp³-hybridized carbons (Fsp3) is 0.0833. The number of nitriles is 1. The van der Waals surface area contributed by atoms with Gasteiger partial charge in [-0.3, -0.25) is 0 Å². The highest BCUT2D eigenvalue weighted by atomic mass is 35.5. The second-order valence-electron chi connectivity index (χ2n) is 6.32. The second-order valence-corrected chi connectivity index (χ2v) is 6.76. The van der Waals surface area contributed by atoms with Crippen molar-refractivity contribution in [3.05, 3.63) is 94.5 Å². The van der Waals surface area contributed by atoms with Crippen LogP contribution in [0.15, 0.2) is 72.8 Å². The molecule has 0 N–H and O–H groups in total. The van der Waals surface area contributed by atoms with Crippen molar-refractivity contribution in [3.8, 4) is 17.6 Å². The van der Waals surface area contributed by atoms with Crippen LogP contribution in [0.4, 0.5) is 0 Å². The molecule has 0 aliphatic carbocycles. The van der Waals surface area contributed by atoms with Gasteiger partial charge in [0.1, 0.15) is 11.5 Å². The maximum Gasteiger partial charge on any atom is 0.349 e. The maximum absolute atomic E-state index is 12.0. The standard InChI is InChI=1S/C24H18ClNO3/c1-17-2-10-22(11-3-17)28-16-24(27)29-23-12-4-18(5-13-23)14-20(15-26)19-6-8-21(25)9-7-19/h2-14H,16H2,1H3/b20-14-. The van der Waals surface area contributed by atoms with Gasteiger partial charge in [0.25, 0.3) is 0 Å². The lowest BCUT2D eigenvalue weighted by Gasteiger charge is -2.07. The number of rotatable bonds is 6. The number of benzene rings is 3. The molecular formula is C24H18ClNO3. The summed E-state index contributed by atoms with van der Waals surface area (Å²) >= 11 is 5.89. The van der Waals surface area contributed by atoms with Gasteiger partial charge in [0.15, 0.2) is 6.61 Å². The zero-order valence-corrected chi connectivity index (χ0v) is 16.5. The van der Waals surface area contributed by atoms with Crippen molar-refractivity contribution in [2.24, 2.45) is 0 Å². The highest BCUT2D eigenvalue weighted by molar-refractivity contribution is 6.30. The summed E-state index contributed by atoms with van der Waals surface area (Å²) in [6.07, 6.45) is 1.76. The van der Waals surface area contributed by atoms with E-state index < -0.39 is 5.97 Å². The first-order valence-corrected chi connectivity index (χ1v) is 9.29. The number of nitrogens with zero attached hydrogens (tertiary/aromatic N) is 1. The molecule has 0 unspecified atom stereocenters. The summed E-state index contributed by atoms with van der Waals surface area (Å²) in [6.45, 7) is 1.80. The fourth-order valence-corrected chi connectivity index (χ4v) is 2.67. The Morgan fingerprint density at radius 3 is 2.21 bits per heavy atom. The Kier molecular flexibility index (Phi) is 6.67. The van der Waals surface area contributed by atoms with Gasteiger partial charge in [-0.2, -0.15) is 5.26 Å². The minimum absolute atomic E-state index is 0.181. The molecule has 0 saturated carbocycles. The lowest BCUT2D eigenvalue weighted by atomic mass is 10.0. The number of hydrogen-bond acceptors (Lipinski definition) is 4. The van der Waals surface area contributed by atoms with Crippen LogP contribution < -0.4 is 9.47 Å². The van der Waals surface area contributed by atoms with E-state index in [1.807, 2.05) is 19.1 Å². The number of esters is 1. The van der Waals surface area contributed by atoms with Crippen molar-refractivity contribution in [3.63, 3.8) is 0 Å². The molecule has 144 valence electrons. The second kappa shape index (κ2) is 9.59. The van der Waals surface area contributed by atoms with Gasteiger partial charge >= 0.3 is 5.97 Å². The summed E-state index contributed by atoms with van der Waals surface area (Å²) in [4.78, 5) is 12.0. The molecule has 0 aliphatic rings. The van der Waals surface area contributed by atoms with E-state index in [2.05, 4.69) is 6.07 Å². The van der Waals surface area contributed by atoms with Gasteiger partial charge in [0.2, 0.25) is 0 Å². The van der Waals surface area contributed by atoms with Crippen LogP contribution in [0.3, 0.4) is 0 Å². The van der Waals surface area contributed by atoms with Crippen molar-refractivity contribution in [1.29, 1.82) is 5.26 Å². The molecule has 0 spiro atoms. The Bertz CT molecular complexity index is 1050. The summed E-state index contributed by atoms with van der Waals surface area (Å²) in [5.41, 5.74) is 3.22. The third-order valence-corrected chi connectivity index (χ3v) is 4.33. The third kappa shape index (κ3) is 5.97. The SMILES string of the molecule is Cc1ccc(OCC(=O)Oc2ccc(/C=C(/C#N)c3ccc(Cl)cc3)cc2)cc1. The minimum Gasteiger partial charge on any atom is -0.482 e. The van der Waals surface area contributed by atoms with Crippen LogP contribution in [-0.2, 0) is 4.79 Å². The molecule has 3 rings (SSSR count). The molecule has 5 heteroatoms. The fourth-order valence-electron chi connectivity index (χ4n) is 2.55. The molecule has 0 amide bonds. The number of ether oxygens (including phenoxy) is 2. The average molecular weight is 404 g/mol. The molecule has 0 heterocycles. The summed E-state index contributed by atoms with van der Waals surface area (Å²) in [5.74, 6) is 0.525. The highest BCUT2D eigenvalue weighted by Crippen LogP contribution is 2.21. The van der Waals surface area contributed by atoms with Crippen LogP contribution >= 0.6 is 11.6 Å². The zero-order valence-electron chi connectivity index (χ0n) is 15.8. The molecule has 0 saturated heterocycles. The number of carbonyl (C=O) groups excluding carboxylic acids is 1. The minimum atomic E-state index is -0.493. The molecule has 0 fully saturated rings. The summed E-state index contributed by atoms with van der Waals surface area (Å²) in [7, 11) is 0. The topological polar surface area (TPSA) is 59.3 Å². The predicted octanol–water partition coefficient (Wildman–Crippen LogP) is 5.70. The van der Waals surface area contributed by atoms with E-state index in [0.717, 1.165) is 16.7 Å². The van der Waals surface area contributed by atoms with Crippen molar-refractivity contribution in [1.82, 2.24) is 0 Å². The first kappa shape index (κ1) is 20.2. The molecule has 0 aliphatic heterocycles. The van der Waals surface area contributed by atoms with Crippen molar-refractivity contribution in [2.45, 2.75) is 6.92 Å². The third-order valence-electron chi connectivity index (χ3n) is 4.08. The molecule has 4 nitrogen and oxygen atoms in total. The van der Waals surface area contributed by atoms with Crippen molar-refractivity contribution >= 4 is 29.2 Å². The summed E-state index contributed by atoms with van der Waals surface area (Å²) < 4.78 is 10.7. The van der Waals surface area contributed by atoms with E-state index in [1.54, 1.807) is 66.7 Å². The lowest BCUT2D eigenvalue weighted by Crippen LogP contribution is -2.17. The quantitative estimate of drug-likeness (QED) is 0.229. The van der Waals surface area contributed by atoms with Crippen molar-refractivity contribution in [2.75, 3.05) is 6.61 Å². The molecule has 0 bridgehead atoms. The van der Waals surface area contributed by atoms with Gasteiger partial charge in [-0.05, 0) is 60.5 Å². The molecular weight excluding hydrogens is 386 g/mol. The smallest absolute Gasteiger partial charge is 0.349 e. The van der Waals surface area contributed by atoms with Gasteiger partial charge in [-0.1, -0.05) is 53.6 Å². The molecule has 3 aromatic rings. The Morgan fingerprint density at radius 1 is 0.966 bits per heavy atom. The van der Waals surface area contributed by atoms with Gasteiger partial charge in [0.05, 0.1) is 11.6 Å². The number of allylic oxidation sites excluding steroid dienone is 1. The summed E-state index contributed by atoms with van der Waals surface area (Å²) in [6, 6.07) is 23.6. The van der Waals surface area contributed by atoms with Crippen LogP contribution in [0.1, 0.15) is 16.7 Å². The van der Waals surface area contributed by atoms with Gasteiger partial charge < -0.3 is 9.47 Å². The predicted molar refractivity (Wildman–Crippen MR) is 114 cm³/mol. The summed E-state index contributed by atoms with van der Waals surface area (Å²) in [5, 5.41) is 10.0. The van der Waals surface area contributed by atoms with E-state index in [1.165, 1.54) is 0 Å². The molecule has 29 heavy (non-hydrogen) atoms. The average Bonchev–Trinajstić information content (AvgIpc) is 2.73. The lowest BCUT2D eigenvalue weighted by molar-refractivity contribution is -0.136. The van der Waals surface area contributed by atoms with Crippen LogP contribution in [0.2, 0.25) is 5.02 Å². The van der Waals surface area contributed by atoms with E-state index in [4.69, 9.17) is 21.1 Å². The Hall–Kier alpha value is -3.55. The van der Waals surface area contributed by atoms with Crippen LogP contribution in [0.25, 0.3) is 11.6 Å². The monoisotopic (exact) mass is 403 g/mol. The molecule has 0 atom stereocenters. The largest absolute Gasteiger partial charge is 0.482 e. The molecule has 0 aromatic heterocycles. The van der Waals surface area contributed by atoms with Crippen LogP contribution in [-0.4, -0.2) is 12.6 Å². The van der Waals surface area contributed by atoms with Crippen LogP contribution in [0.5, 0.6) is 11.5 Å². The number of hydrogen-bond donors (Lipinski definition) is 0. The number of aryl methyl sites for hydroxylation is 1. The first-order valence-electron chi connectivity index (χ1n) is 8.91.